The van der Waals surface area contributed by atoms with Gasteiger partial charge in [-0.25, -0.2) is 0 Å². The quantitative estimate of drug-likeness (QED) is 0.548. The lowest BCUT2D eigenvalue weighted by Gasteiger charge is -2.08. The molecule has 16 heavy (non-hydrogen) atoms. The molecular weight excluding hydrogens is 204 g/mol. The molecule has 0 heterocycles. The van der Waals surface area contributed by atoms with Crippen LogP contribution >= 0.6 is 0 Å². The highest BCUT2D eigenvalue weighted by Crippen LogP contribution is 2.18. The molecule has 1 aromatic rings. The van der Waals surface area contributed by atoms with Crippen LogP contribution in [0.5, 0.6) is 5.75 Å². The predicted molar refractivity (Wildman–Crippen MR) is 63.2 cm³/mol. The van der Waals surface area contributed by atoms with Crippen LogP contribution in [0.15, 0.2) is 18.2 Å². The number of methoxy groups -OCH3 is 1. The highest BCUT2D eigenvalue weighted by molar-refractivity contribution is 5.97. The SMILES string of the molecule is CCC(=O)c1ccc(OCCOC)cc1C. The Balaban J connectivity index is 2.71. The van der Waals surface area contributed by atoms with Gasteiger partial charge in [-0.3, -0.25) is 4.79 Å². The van der Waals surface area contributed by atoms with Gasteiger partial charge in [-0.05, 0) is 30.7 Å². The fourth-order valence-corrected chi connectivity index (χ4v) is 1.47. The minimum atomic E-state index is 0.168. The molecule has 3 nitrogen and oxygen atoms in total. The van der Waals surface area contributed by atoms with Gasteiger partial charge < -0.3 is 9.47 Å². The second kappa shape index (κ2) is 6.28. The van der Waals surface area contributed by atoms with Crippen molar-refractivity contribution >= 4 is 5.78 Å². The van der Waals surface area contributed by atoms with Gasteiger partial charge in [0, 0.05) is 19.1 Å². The summed E-state index contributed by atoms with van der Waals surface area (Å²) in [6.45, 7) is 4.88. The van der Waals surface area contributed by atoms with E-state index in [0.29, 0.717) is 19.6 Å². The summed E-state index contributed by atoms with van der Waals surface area (Å²) in [5.74, 6) is 0.947. The first-order valence-corrected chi connectivity index (χ1v) is 5.44. The number of carbonyl (C=O) groups excluding carboxylic acids is 1. The first-order valence-electron chi connectivity index (χ1n) is 5.44. The summed E-state index contributed by atoms with van der Waals surface area (Å²) in [6.07, 6.45) is 0.532. The molecule has 0 bridgehead atoms. The van der Waals surface area contributed by atoms with E-state index >= 15 is 0 Å². The Hall–Kier alpha value is -1.35. The number of carbonyl (C=O) groups is 1. The fourth-order valence-electron chi connectivity index (χ4n) is 1.47. The molecule has 0 aliphatic rings. The third-order valence-corrected chi connectivity index (χ3v) is 2.38. The standard InChI is InChI=1S/C13H18O3/c1-4-13(14)12-6-5-11(9-10(12)2)16-8-7-15-3/h5-6,9H,4,7-8H2,1-3H3. The summed E-state index contributed by atoms with van der Waals surface area (Å²) in [4.78, 5) is 11.5. The molecule has 0 unspecified atom stereocenters. The summed E-state index contributed by atoms with van der Waals surface area (Å²) in [6, 6.07) is 5.54. The normalized spacial score (nSPS) is 10.2. The van der Waals surface area contributed by atoms with Gasteiger partial charge in [-0.2, -0.15) is 0 Å². The second-order valence-electron chi connectivity index (χ2n) is 3.59. The monoisotopic (exact) mass is 222 g/mol. The van der Waals surface area contributed by atoms with Crippen LogP contribution in [0.1, 0.15) is 29.3 Å². The van der Waals surface area contributed by atoms with E-state index in [1.165, 1.54) is 0 Å². The van der Waals surface area contributed by atoms with E-state index in [9.17, 15) is 4.79 Å². The molecule has 1 aromatic carbocycles. The van der Waals surface area contributed by atoms with E-state index in [1.54, 1.807) is 7.11 Å². The van der Waals surface area contributed by atoms with Crippen LogP contribution in [0, 0.1) is 6.92 Å². The number of benzene rings is 1. The van der Waals surface area contributed by atoms with Crippen molar-refractivity contribution in [3.8, 4) is 5.75 Å². The van der Waals surface area contributed by atoms with Gasteiger partial charge in [0.15, 0.2) is 5.78 Å². The molecule has 0 saturated heterocycles. The van der Waals surface area contributed by atoms with Gasteiger partial charge >= 0.3 is 0 Å². The van der Waals surface area contributed by atoms with Crippen molar-refractivity contribution in [1.82, 2.24) is 0 Å². The van der Waals surface area contributed by atoms with Crippen molar-refractivity contribution < 1.29 is 14.3 Å². The van der Waals surface area contributed by atoms with E-state index < -0.39 is 0 Å². The van der Waals surface area contributed by atoms with Crippen molar-refractivity contribution in [1.29, 1.82) is 0 Å². The maximum absolute atomic E-state index is 11.5. The largest absolute Gasteiger partial charge is 0.491 e. The molecule has 0 aliphatic carbocycles. The molecule has 1 rings (SSSR count). The predicted octanol–water partition coefficient (Wildman–Crippen LogP) is 2.61. The minimum absolute atomic E-state index is 0.168. The third-order valence-electron chi connectivity index (χ3n) is 2.38. The zero-order valence-electron chi connectivity index (χ0n) is 10.1. The Morgan fingerprint density at radius 1 is 1.31 bits per heavy atom. The van der Waals surface area contributed by atoms with Gasteiger partial charge in [0.1, 0.15) is 12.4 Å². The molecule has 0 atom stereocenters. The van der Waals surface area contributed by atoms with Crippen molar-refractivity contribution in [3.63, 3.8) is 0 Å². The van der Waals surface area contributed by atoms with Crippen molar-refractivity contribution in [2.75, 3.05) is 20.3 Å². The Kier molecular flexibility index (Phi) is 4.99. The van der Waals surface area contributed by atoms with Crippen LogP contribution in [0.3, 0.4) is 0 Å². The maximum atomic E-state index is 11.5. The Bertz CT molecular complexity index is 358. The van der Waals surface area contributed by atoms with Gasteiger partial charge in [0.05, 0.1) is 6.61 Å². The van der Waals surface area contributed by atoms with Gasteiger partial charge in [-0.1, -0.05) is 6.92 Å². The Labute approximate surface area is 96.4 Å². The summed E-state index contributed by atoms with van der Waals surface area (Å²) in [7, 11) is 1.64. The number of aryl methyl sites for hydroxylation is 1. The fraction of sp³-hybridized carbons (Fsp3) is 0.462. The third kappa shape index (κ3) is 3.35. The smallest absolute Gasteiger partial charge is 0.162 e. The average Bonchev–Trinajstić information content (AvgIpc) is 2.29. The van der Waals surface area contributed by atoms with Crippen LogP contribution in [-0.2, 0) is 4.74 Å². The number of ketones is 1. The van der Waals surface area contributed by atoms with E-state index in [0.717, 1.165) is 16.9 Å². The maximum Gasteiger partial charge on any atom is 0.162 e. The van der Waals surface area contributed by atoms with Crippen LogP contribution in [-0.4, -0.2) is 26.1 Å². The van der Waals surface area contributed by atoms with Gasteiger partial charge in [0.2, 0.25) is 0 Å². The molecule has 0 aliphatic heterocycles. The van der Waals surface area contributed by atoms with E-state index in [2.05, 4.69) is 0 Å². The summed E-state index contributed by atoms with van der Waals surface area (Å²) in [5, 5.41) is 0. The van der Waals surface area contributed by atoms with E-state index in [1.807, 2.05) is 32.0 Å². The molecule has 0 radical (unpaired) electrons. The molecule has 0 fully saturated rings. The molecular formula is C13H18O3. The van der Waals surface area contributed by atoms with Crippen molar-refractivity contribution in [2.45, 2.75) is 20.3 Å². The van der Waals surface area contributed by atoms with Crippen LogP contribution in [0.25, 0.3) is 0 Å². The topological polar surface area (TPSA) is 35.5 Å². The molecule has 88 valence electrons. The first-order chi connectivity index (χ1) is 7.69. The molecule has 0 spiro atoms. The van der Waals surface area contributed by atoms with E-state index in [4.69, 9.17) is 9.47 Å². The van der Waals surface area contributed by atoms with Crippen LogP contribution in [0.2, 0.25) is 0 Å². The summed E-state index contributed by atoms with van der Waals surface area (Å²) >= 11 is 0. The summed E-state index contributed by atoms with van der Waals surface area (Å²) < 4.78 is 10.4. The first kappa shape index (κ1) is 12.7. The highest BCUT2D eigenvalue weighted by Gasteiger charge is 2.07. The average molecular weight is 222 g/mol. The van der Waals surface area contributed by atoms with Gasteiger partial charge in [0.25, 0.3) is 0 Å². The minimum Gasteiger partial charge on any atom is -0.491 e. The van der Waals surface area contributed by atoms with Crippen molar-refractivity contribution in [3.05, 3.63) is 29.3 Å². The zero-order valence-corrected chi connectivity index (χ0v) is 10.1. The van der Waals surface area contributed by atoms with Crippen LogP contribution < -0.4 is 4.74 Å². The lowest BCUT2D eigenvalue weighted by atomic mass is 10.0. The molecule has 3 heteroatoms. The number of ether oxygens (including phenoxy) is 2. The lowest BCUT2D eigenvalue weighted by Crippen LogP contribution is -2.05. The highest BCUT2D eigenvalue weighted by atomic mass is 16.5. The van der Waals surface area contributed by atoms with Crippen LogP contribution in [0.4, 0.5) is 0 Å². The van der Waals surface area contributed by atoms with Gasteiger partial charge in [-0.15, -0.1) is 0 Å². The molecule has 0 amide bonds. The summed E-state index contributed by atoms with van der Waals surface area (Å²) in [5.41, 5.74) is 1.74. The number of hydrogen-bond donors (Lipinski definition) is 0. The Morgan fingerprint density at radius 2 is 2.06 bits per heavy atom. The second-order valence-corrected chi connectivity index (χ2v) is 3.59. The lowest BCUT2D eigenvalue weighted by molar-refractivity contribution is 0.0987. The number of Topliss-reactive ketones (excluding diaryl/α,β-unsaturated/α-hetero) is 1. The number of rotatable bonds is 6. The van der Waals surface area contributed by atoms with Crippen molar-refractivity contribution in [2.24, 2.45) is 0 Å². The molecule has 0 saturated carbocycles. The zero-order chi connectivity index (χ0) is 12.0. The van der Waals surface area contributed by atoms with E-state index in [-0.39, 0.29) is 5.78 Å². The number of hydrogen-bond acceptors (Lipinski definition) is 3. The Morgan fingerprint density at radius 3 is 2.62 bits per heavy atom. The molecule has 0 aromatic heterocycles. The molecule has 0 N–H and O–H groups in total.